The van der Waals surface area contributed by atoms with Crippen LogP contribution in [0.5, 0.6) is 0 Å². The second kappa shape index (κ2) is 5.47. The number of carbonyl (C=O) groups is 1. The third-order valence-electron chi connectivity index (χ3n) is 3.32. The van der Waals surface area contributed by atoms with Crippen molar-refractivity contribution in [1.29, 1.82) is 0 Å². The molecular formula is C11H20N2O2. The Morgan fingerprint density at radius 1 is 1.33 bits per heavy atom. The van der Waals surface area contributed by atoms with E-state index in [9.17, 15) is 4.79 Å². The zero-order chi connectivity index (χ0) is 10.5. The van der Waals surface area contributed by atoms with E-state index < -0.39 is 0 Å². The number of nitrogens with one attached hydrogen (secondary N) is 2. The van der Waals surface area contributed by atoms with Gasteiger partial charge in [0.25, 0.3) is 0 Å². The Hall–Kier alpha value is -0.610. The van der Waals surface area contributed by atoms with Gasteiger partial charge in [-0.1, -0.05) is 0 Å². The standard InChI is InChI=1S/C11H20N2O2/c14-11(10-2-5-15-6-3-10)13-8-9-1-4-12-7-9/h9-10,12H,1-8H2,(H,13,14). The van der Waals surface area contributed by atoms with E-state index in [1.807, 2.05) is 0 Å². The lowest BCUT2D eigenvalue weighted by atomic mass is 9.99. The van der Waals surface area contributed by atoms with Crippen molar-refractivity contribution < 1.29 is 9.53 Å². The monoisotopic (exact) mass is 212 g/mol. The van der Waals surface area contributed by atoms with Gasteiger partial charge < -0.3 is 15.4 Å². The van der Waals surface area contributed by atoms with Crippen LogP contribution >= 0.6 is 0 Å². The molecule has 2 aliphatic heterocycles. The smallest absolute Gasteiger partial charge is 0.223 e. The second-order valence-corrected chi connectivity index (χ2v) is 4.49. The molecule has 0 radical (unpaired) electrons. The molecule has 86 valence electrons. The van der Waals surface area contributed by atoms with Gasteiger partial charge in [-0.25, -0.2) is 0 Å². The molecule has 0 aliphatic carbocycles. The Labute approximate surface area is 90.8 Å². The van der Waals surface area contributed by atoms with Crippen molar-refractivity contribution in [3.63, 3.8) is 0 Å². The molecule has 4 heteroatoms. The topological polar surface area (TPSA) is 50.4 Å². The van der Waals surface area contributed by atoms with Crippen LogP contribution in [0.2, 0.25) is 0 Å². The summed E-state index contributed by atoms with van der Waals surface area (Å²) >= 11 is 0. The molecule has 2 fully saturated rings. The van der Waals surface area contributed by atoms with Gasteiger partial charge in [0.15, 0.2) is 0 Å². The molecule has 0 saturated carbocycles. The Morgan fingerprint density at radius 3 is 2.80 bits per heavy atom. The molecule has 4 nitrogen and oxygen atoms in total. The Bertz CT molecular complexity index is 209. The minimum atomic E-state index is 0.188. The van der Waals surface area contributed by atoms with E-state index in [-0.39, 0.29) is 11.8 Å². The molecule has 2 heterocycles. The highest BCUT2D eigenvalue weighted by Crippen LogP contribution is 2.15. The summed E-state index contributed by atoms with van der Waals surface area (Å²) in [5.74, 6) is 1.05. The predicted molar refractivity (Wildman–Crippen MR) is 57.5 cm³/mol. The van der Waals surface area contributed by atoms with E-state index >= 15 is 0 Å². The molecule has 1 atom stereocenters. The first-order chi connectivity index (χ1) is 7.36. The minimum Gasteiger partial charge on any atom is -0.381 e. The molecular weight excluding hydrogens is 192 g/mol. The molecule has 0 bridgehead atoms. The van der Waals surface area contributed by atoms with Crippen LogP contribution in [0.25, 0.3) is 0 Å². The molecule has 2 N–H and O–H groups in total. The zero-order valence-corrected chi connectivity index (χ0v) is 9.13. The first-order valence-electron chi connectivity index (χ1n) is 5.92. The lowest BCUT2D eigenvalue weighted by Crippen LogP contribution is -2.37. The molecule has 1 unspecified atom stereocenters. The molecule has 0 spiro atoms. The largest absolute Gasteiger partial charge is 0.381 e. The number of hydrogen-bond acceptors (Lipinski definition) is 3. The van der Waals surface area contributed by atoms with Crippen molar-refractivity contribution >= 4 is 5.91 Å². The van der Waals surface area contributed by atoms with Crippen molar-refractivity contribution in [2.24, 2.45) is 11.8 Å². The van der Waals surface area contributed by atoms with Crippen LogP contribution in [-0.4, -0.2) is 38.8 Å². The molecule has 2 aliphatic rings. The summed E-state index contributed by atoms with van der Waals surface area (Å²) in [6.45, 7) is 4.46. The van der Waals surface area contributed by atoms with E-state index in [4.69, 9.17) is 4.74 Å². The normalized spacial score (nSPS) is 27.9. The van der Waals surface area contributed by atoms with Gasteiger partial charge in [0.1, 0.15) is 0 Å². The van der Waals surface area contributed by atoms with Crippen LogP contribution in [0, 0.1) is 11.8 Å². The highest BCUT2D eigenvalue weighted by Gasteiger charge is 2.22. The number of amides is 1. The summed E-state index contributed by atoms with van der Waals surface area (Å²) in [6.07, 6.45) is 2.96. The van der Waals surface area contributed by atoms with Crippen molar-refractivity contribution in [3.8, 4) is 0 Å². The summed E-state index contributed by atoms with van der Waals surface area (Å²) in [4.78, 5) is 11.8. The van der Waals surface area contributed by atoms with Crippen LogP contribution in [-0.2, 0) is 9.53 Å². The lowest BCUT2D eigenvalue weighted by molar-refractivity contribution is -0.128. The fourth-order valence-electron chi connectivity index (χ4n) is 2.24. The van der Waals surface area contributed by atoms with Crippen molar-refractivity contribution in [2.45, 2.75) is 19.3 Å². The Morgan fingerprint density at radius 2 is 2.13 bits per heavy atom. The average molecular weight is 212 g/mol. The van der Waals surface area contributed by atoms with Gasteiger partial charge in [0, 0.05) is 25.7 Å². The number of hydrogen-bond donors (Lipinski definition) is 2. The van der Waals surface area contributed by atoms with Gasteiger partial charge in [-0.2, -0.15) is 0 Å². The fourth-order valence-corrected chi connectivity index (χ4v) is 2.24. The van der Waals surface area contributed by atoms with Gasteiger partial charge in [0.05, 0.1) is 0 Å². The quantitative estimate of drug-likeness (QED) is 0.699. The highest BCUT2D eigenvalue weighted by atomic mass is 16.5. The molecule has 0 aromatic carbocycles. The predicted octanol–water partition coefficient (Wildman–Crippen LogP) is 0.139. The Kier molecular flexibility index (Phi) is 3.97. The first kappa shape index (κ1) is 10.9. The van der Waals surface area contributed by atoms with Crippen LogP contribution in [0.4, 0.5) is 0 Å². The fraction of sp³-hybridized carbons (Fsp3) is 0.909. The second-order valence-electron chi connectivity index (χ2n) is 4.49. The molecule has 0 aromatic rings. The molecule has 2 saturated heterocycles. The zero-order valence-electron chi connectivity index (χ0n) is 9.13. The molecule has 15 heavy (non-hydrogen) atoms. The Balaban J connectivity index is 1.66. The van der Waals surface area contributed by atoms with Crippen molar-refractivity contribution in [1.82, 2.24) is 10.6 Å². The number of rotatable bonds is 3. The van der Waals surface area contributed by atoms with Gasteiger partial charge in [-0.15, -0.1) is 0 Å². The third kappa shape index (κ3) is 3.18. The highest BCUT2D eigenvalue weighted by molar-refractivity contribution is 5.78. The van der Waals surface area contributed by atoms with E-state index in [1.165, 1.54) is 6.42 Å². The summed E-state index contributed by atoms with van der Waals surface area (Å²) in [7, 11) is 0. The summed E-state index contributed by atoms with van der Waals surface area (Å²) in [6, 6.07) is 0. The summed E-state index contributed by atoms with van der Waals surface area (Å²) in [5, 5.41) is 6.36. The lowest BCUT2D eigenvalue weighted by Gasteiger charge is -2.22. The first-order valence-corrected chi connectivity index (χ1v) is 5.92. The summed E-state index contributed by atoms with van der Waals surface area (Å²) < 4.78 is 5.24. The third-order valence-corrected chi connectivity index (χ3v) is 3.32. The van der Waals surface area contributed by atoms with Gasteiger partial charge in [-0.3, -0.25) is 4.79 Å². The molecule has 1 amide bonds. The van der Waals surface area contributed by atoms with Gasteiger partial charge >= 0.3 is 0 Å². The maximum Gasteiger partial charge on any atom is 0.223 e. The minimum absolute atomic E-state index is 0.188. The maximum absolute atomic E-state index is 11.8. The van der Waals surface area contributed by atoms with Crippen LogP contribution in [0.3, 0.4) is 0 Å². The SMILES string of the molecule is O=C(NCC1CCNC1)C1CCOCC1. The van der Waals surface area contributed by atoms with E-state index in [1.54, 1.807) is 0 Å². The van der Waals surface area contributed by atoms with Crippen LogP contribution in [0.1, 0.15) is 19.3 Å². The van der Waals surface area contributed by atoms with Crippen LogP contribution < -0.4 is 10.6 Å². The van der Waals surface area contributed by atoms with Gasteiger partial charge in [-0.05, 0) is 38.3 Å². The number of ether oxygens (including phenoxy) is 1. The molecule has 2 rings (SSSR count). The van der Waals surface area contributed by atoms with Crippen molar-refractivity contribution in [2.75, 3.05) is 32.8 Å². The summed E-state index contributed by atoms with van der Waals surface area (Å²) in [5.41, 5.74) is 0. The van der Waals surface area contributed by atoms with Crippen LogP contribution in [0.15, 0.2) is 0 Å². The maximum atomic E-state index is 11.8. The van der Waals surface area contributed by atoms with E-state index in [0.717, 1.165) is 45.7 Å². The average Bonchev–Trinajstić information content (AvgIpc) is 2.80. The molecule has 0 aromatic heterocycles. The van der Waals surface area contributed by atoms with Gasteiger partial charge in [0.2, 0.25) is 5.91 Å². The number of carbonyl (C=O) groups excluding carboxylic acids is 1. The van der Waals surface area contributed by atoms with E-state index in [0.29, 0.717) is 5.92 Å². The van der Waals surface area contributed by atoms with E-state index in [2.05, 4.69) is 10.6 Å². The van der Waals surface area contributed by atoms with Crippen molar-refractivity contribution in [3.05, 3.63) is 0 Å².